The quantitative estimate of drug-likeness (QED) is 0.479. The molecule has 1 saturated heterocycles. The minimum Gasteiger partial charge on any atom is -0.493 e. The maximum atomic E-state index is 13.2. The fourth-order valence-electron chi connectivity index (χ4n) is 2.37. The molecule has 0 radical (unpaired) electrons. The second-order valence-electron chi connectivity index (χ2n) is 5.34. The average Bonchev–Trinajstić information content (AvgIpc) is 2.50. The van der Waals surface area contributed by atoms with Crippen LogP contribution < -0.4 is 10.2 Å². The van der Waals surface area contributed by atoms with E-state index in [1.54, 1.807) is 6.92 Å². The molecule has 1 amide bonds. The molecule has 1 aromatic rings. The van der Waals surface area contributed by atoms with Crippen molar-refractivity contribution in [2.45, 2.75) is 32.0 Å². The van der Waals surface area contributed by atoms with Crippen LogP contribution >= 0.6 is 12.2 Å². The molecular formula is C15H17F3N2O3S. The van der Waals surface area contributed by atoms with Gasteiger partial charge in [-0.05, 0) is 31.0 Å². The molecule has 0 bridgehead atoms. The van der Waals surface area contributed by atoms with E-state index in [-0.39, 0.29) is 22.9 Å². The number of nitrogens with one attached hydrogen (secondary N) is 1. The van der Waals surface area contributed by atoms with Gasteiger partial charge in [-0.3, -0.25) is 10.0 Å². The molecular weight excluding hydrogens is 345 g/mol. The van der Waals surface area contributed by atoms with Crippen molar-refractivity contribution in [2.75, 3.05) is 13.2 Å². The Bertz CT molecular complexity index is 637. The standard InChI is InChI=1S/C15H17F3N2O3S/c1-2-7-23-12-4-3-9(8-10(12)15(16,17)18)14(24)20-6-5-11(20)13(21)19-22/h3-4,8,11,22H,2,5-7H2,1H3,(H,19,21)/t11-/m1/s1. The van der Waals surface area contributed by atoms with Crippen LogP contribution in [-0.2, 0) is 11.0 Å². The molecule has 0 spiro atoms. The number of thiocarbonyl (C=S) groups is 1. The van der Waals surface area contributed by atoms with Gasteiger partial charge in [-0.15, -0.1) is 0 Å². The number of rotatable bonds is 5. The lowest BCUT2D eigenvalue weighted by Crippen LogP contribution is -2.57. The van der Waals surface area contributed by atoms with Crippen LogP contribution in [0.2, 0.25) is 0 Å². The monoisotopic (exact) mass is 362 g/mol. The summed E-state index contributed by atoms with van der Waals surface area (Å²) in [7, 11) is 0. The summed E-state index contributed by atoms with van der Waals surface area (Å²) in [4.78, 5) is 13.1. The van der Waals surface area contributed by atoms with E-state index >= 15 is 0 Å². The summed E-state index contributed by atoms with van der Waals surface area (Å²) in [5, 5.41) is 8.68. The molecule has 1 heterocycles. The maximum absolute atomic E-state index is 13.2. The number of alkyl halides is 3. The zero-order valence-electron chi connectivity index (χ0n) is 12.9. The molecule has 2 rings (SSSR count). The zero-order valence-corrected chi connectivity index (χ0v) is 13.7. The smallest absolute Gasteiger partial charge is 0.419 e. The van der Waals surface area contributed by atoms with Crippen molar-refractivity contribution in [1.82, 2.24) is 10.4 Å². The number of hydrogen-bond acceptors (Lipinski definition) is 4. The molecule has 0 unspecified atom stereocenters. The van der Waals surface area contributed by atoms with Crippen LogP contribution in [0, 0.1) is 0 Å². The minimum atomic E-state index is -4.58. The molecule has 5 nitrogen and oxygen atoms in total. The van der Waals surface area contributed by atoms with Crippen molar-refractivity contribution in [3.8, 4) is 5.75 Å². The number of ether oxygens (including phenoxy) is 1. The van der Waals surface area contributed by atoms with Gasteiger partial charge >= 0.3 is 6.18 Å². The Hall–Kier alpha value is -1.87. The summed E-state index contributed by atoms with van der Waals surface area (Å²) in [5.74, 6) is -0.883. The summed E-state index contributed by atoms with van der Waals surface area (Å²) in [6, 6.07) is 2.93. The number of carbonyl (C=O) groups excluding carboxylic acids is 1. The number of amides is 1. The van der Waals surface area contributed by atoms with Crippen molar-refractivity contribution in [1.29, 1.82) is 0 Å². The van der Waals surface area contributed by atoms with Crippen LogP contribution in [-0.4, -0.2) is 40.2 Å². The number of benzene rings is 1. The van der Waals surface area contributed by atoms with Crippen molar-refractivity contribution in [3.63, 3.8) is 0 Å². The van der Waals surface area contributed by atoms with E-state index in [2.05, 4.69) is 0 Å². The molecule has 1 aliphatic rings. The molecule has 24 heavy (non-hydrogen) atoms. The third-order valence-electron chi connectivity index (χ3n) is 3.69. The van der Waals surface area contributed by atoms with Crippen LogP contribution in [0.1, 0.15) is 30.9 Å². The fraction of sp³-hybridized carbons (Fsp3) is 0.467. The Morgan fingerprint density at radius 1 is 1.50 bits per heavy atom. The normalized spacial score (nSPS) is 17.2. The Morgan fingerprint density at radius 2 is 2.21 bits per heavy atom. The number of hydrogen-bond donors (Lipinski definition) is 2. The van der Waals surface area contributed by atoms with Crippen molar-refractivity contribution in [3.05, 3.63) is 29.3 Å². The fourth-order valence-corrected chi connectivity index (χ4v) is 2.71. The Labute approximate surface area is 142 Å². The highest BCUT2D eigenvalue weighted by Crippen LogP contribution is 2.37. The third-order valence-corrected chi connectivity index (χ3v) is 4.16. The predicted molar refractivity (Wildman–Crippen MR) is 84.0 cm³/mol. The van der Waals surface area contributed by atoms with Crippen molar-refractivity contribution < 1.29 is 27.9 Å². The topological polar surface area (TPSA) is 61.8 Å². The zero-order chi connectivity index (χ0) is 17.9. The summed E-state index contributed by atoms with van der Waals surface area (Å²) in [6.07, 6.45) is -3.52. The maximum Gasteiger partial charge on any atom is 0.419 e. The number of hydroxylamine groups is 1. The van der Waals surface area contributed by atoms with E-state index < -0.39 is 23.7 Å². The van der Waals surface area contributed by atoms with Gasteiger partial charge in [0.05, 0.1) is 12.2 Å². The van der Waals surface area contributed by atoms with Gasteiger partial charge in [0, 0.05) is 12.1 Å². The molecule has 0 saturated carbocycles. The second-order valence-corrected chi connectivity index (χ2v) is 5.72. The van der Waals surface area contributed by atoms with E-state index in [1.165, 1.54) is 22.5 Å². The summed E-state index contributed by atoms with van der Waals surface area (Å²) < 4.78 is 44.9. The highest BCUT2D eigenvalue weighted by molar-refractivity contribution is 7.80. The SMILES string of the molecule is CCCOc1ccc(C(=S)N2CC[C@@H]2C(=O)NO)cc1C(F)(F)F. The average molecular weight is 362 g/mol. The molecule has 0 aromatic heterocycles. The van der Waals surface area contributed by atoms with Gasteiger partial charge < -0.3 is 9.64 Å². The van der Waals surface area contributed by atoms with Crippen LogP contribution in [0.4, 0.5) is 13.2 Å². The van der Waals surface area contributed by atoms with Crippen molar-refractivity contribution in [2.24, 2.45) is 0 Å². The molecule has 2 N–H and O–H groups in total. The molecule has 0 aliphatic carbocycles. The van der Waals surface area contributed by atoms with Gasteiger partial charge in [0.15, 0.2) is 0 Å². The highest BCUT2D eigenvalue weighted by atomic mass is 32.1. The Morgan fingerprint density at radius 3 is 2.71 bits per heavy atom. The van der Waals surface area contributed by atoms with Crippen LogP contribution in [0.3, 0.4) is 0 Å². The highest BCUT2D eigenvalue weighted by Gasteiger charge is 2.38. The molecule has 9 heteroatoms. The number of carbonyl (C=O) groups is 1. The van der Waals surface area contributed by atoms with Crippen LogP contribution in [0.5, 0.6) is 5.75 Å². The third kappa shape index (κ3) is 3.78. The Balaban J connectivity index is 2.27. The number of halogens is 3. The van der Waals surface area contributed by atoms with Crippen molar-refractivity contribution >= 4 is 23.1 Å². The van der Waals surface area contributed by atoms with E-state index in [9.17, 15) is 18.0 Å². The van der Waals surface area contributed by atoms with Gasteiger partial charge in [0.2, 0.25) is 0 Å². The number of nitrogens with zero attached hydrogens (tertiary/aromatic N) is 1. The first-order chi connectivity index (χ1) is 11.3. The molecule has 1 aromatic carbocycles. The van der Waals surface area contributed by atoms with Gasteiger partial charge in [-0.1, -0.05) is 19.1 Å². The molecule has 1 atom stereocenters. The van der Waals surface area contributed by atoms with E-state index in [0.717, 1.165) is 6.07 Å². The summed E-state index contributed by atoms with van der Waals surface area (Å²) in [6.45, 7) is 2.41. The first-order valence-electron chi connectivity index (χ1n) is 7.38. The summed E-state index contributed by atoms with van der Waals surface area (Å²) >= 11 is 5.21. The largest absolute Gasteiger partial charge is 0.493 e. The lowest BCUT2D eigenvalue weighted by molar-refractivity contribution is -0.139. The molecule has 1 fully saturated rings. The van der Waals surface area contributed by atoms with Gasteiger partial charge in [-0.25, -0.2) is 5.48 Å². The predicted octanol–water partition coefficient (Wildman–Crippen LogP) is 2.75. The first-order valence-corrected chi connectivity index (χ1v) is 7.79. The second kappa shape index (κ2) is 7.35. The lowest BCUT2D eigenvalue weighted by Gasteiger charge is -2.41. The Kier molecular flexibility index (Phi) is 5.66. The molecule has 1 aliphatic heterocycles. The number of likely N-dealkylation sites (tertiary alicyclic amines) is 1. The van der Waals surface area contributed by atoms with Gasteiger partial charge in [0.25, 0.3) is 5.91 Å². The summed E-state index contributed by atoms with van der Waals surface area (Å²) in [5.41, 5.74) is 0.805. The molecule has 132 valence electrons. The first kappa shape index (κ1) is 18.5. The van der Waals surface area contributed by atoms with E-state index in [1.807, 2.05) is 0 Å². The van der Waals surface area contributed by atoms with E-state index in [4.69, 9.17) is 22.2 Å². The lowest BCUT2D eigenvalue weighted by atomic mass is 10.00. The van der Waals surface area contributed by atoms with E-state index in [0.29, 0.717) is 19.4 Å². The van der Waals surface area contributed by atoms with Gasteiger partial charge in [0.1, 0.15) is 16.8 Å². The van der Waals surface area contributed by atoms with Crippen LogP contribution in [0.15, 0.2) is 18.2 Å². The minimum absolute atomic E-state index is 0.127. The van der Waals surface area contributed by atoms with Crippen LogP contribution in [0.25, 0.3) is 0 Å². The van der Waals surface area contributed by atoms with Gasteiger partial charge in [-0.2, -0.15) is 13.2 Å².